The molecule has 0 saturated heterocycles. The van der Waals surface area contributed by atoms with Crippen molar-refractivity contribution in [1.29, 1.82) is 0 Å². The summed E-state index contributed by atoms with van der Waals surface area (Å²) in [5.74, 6) is 0.306. The number of esters is 1. The third-order valence-electron chi connectivity index (χ3n) is 5.54. The fourth-order valence-corrected chi connectivity index (χ4v) is 5.35. The summed E-state index contributed by atoms with van der Waals surface area (Å²) < 4.78 is 5.51. The molecule has 3 aromatic carbocycles. The molecule has 1 atom stereocenters. The normalized spacial score (nSPS) is 17.8. The number of nitrogens with one attached hydrogen (secondary N) is 1. The predicted octanol–water partition coefficient (Wildman–Crippen LogP) is 6.17. The molecular formula is C26H21NO3S. The maximum atomic E-state index is 12.9. The van der Waals surface area contributed by atoms with Gasteiger partial charge in [0.25, 0.3) is 0 Å². The highest BCUT2D eigenvalue weighted by molar-refractivity contribution is 8.00. The number of hydrogen-bond donors (Lipinski definition) is 1. The van der Waals surface area contributed by atoms with Gasteiger partial charge in [-0.05, 0) is 54.8 Å². The quantitative estimate of drug-likeness (QED) is 0.400. The van der Waals surface area contributed by atoms with E-state index in [-0.39, 0.29) is 17.0 Å². The SMILES string of the molecule is O=C1CCCC2=C1C(c1ccc(OC(=O)c3ccccc3)cc1)Sc1ccccc1N2. The first-order valence-electron chi connectivity index (χ1n) is 10.4. The maximum absolute atomic E-state index is 12.9. The molecule has 1 unspecified atom stereocenters. The number of hydrogen-bond acceptors (Lipinski definition) is 5. The van der Waals surface area contributed by atoms with Gasteiger partial charge in [-0.2, -0.15) is 0 Å². The first-order valence-corrected chi connectivity index (χ1v) is 11.2. The number of anilines is 1. The lowest BCUT2D eigenvalue weighted by Crippen LogP contribution is -2.19. The molecule has 3 aromatic rings. The van der Waals surface area contributed by atoms with Crippen molar-refractivity contribution in [2.45, 2.75) is 29.4 Å². The Morgan fingerprint density at radius 3 is 2.45 bits per heavy atom. The zero-order valence-corrected chi connectivity index (χ0v) is 17.7. The zero-order chi connectivity index (χ0) is 21.2. The van der Waals surface area contributed by atoms with Crippen molar-refractivity contribution < 1.29 is 14.3 Å². The molecule has 1 N–H and O–H groups in total. The molecule has 2 aliphatic rings. The molecule has 0 fully saturated rings. The van der Waals surface area contributed by atoms with Crippen LogP contribution in [0.1, 0.15) is 40.4 Å². The van der Waals surface area contributed by atoms with Crippen molar-refractivity contribution in [2.75, 3.05) is 5.32 Å². The van der Waals surface area contributed by atoms with Crippen LogP contribution in [0.3, 0.4) is 0 Å². The van der Waals surface area contributed by atoms with Gasteiger partial charge in [-0.3, -0.25) is 4.79 Å². The summed E-state index contributed by atoms with van der Waals surface area (Å²) in [6, 6.07) is 24.6. The number of thioether (sulfide) groups is 1. The lowest BCUT2D eigenvalue weighted by molar-refractivity contribution is -0.116. The number of allylic oxidation sites excluding steroid dienone is 1. The number of ketones is 1. The number of carbonyl (C=O) groups excluding carboxylic acids is 2. The van der Waals surface area contributed by atoms with E-state index in [1.54, 1.807) is 48.2 Å². The molecule has 1 heterocycles. The van der Waals surface area contributed by atoms with E-state index in [2.05, 4.69) is 17.4 Å². The monoisotopic (exact) mass is 427 g/mol. The summed E-state index contributed by atoms with van der Waals surface area (Å²) in [4.78, 5) is 26.4. The van der Waals surface area contributed by atoms with Crippen LogP contribution in [0.2, 0.25) is 0 Å². The summed E-state index contributed by atoms with van der Waals surface area (Å²) in [5.41, 5.74) is 4.47. The minimum atomic E-state index is -0.386. The van der Waals surface area contributed by atoms with E-state index in [4.69, 9.17) is 4.74 Å². The number of Topliss-reactive ketones (excluding diaryl/α,β-unsaturated/α-hetero) is 1. The van der Waals surface area contributed by atoms with Crippen molar-refractivity contribution in [3.8, 4) is 5.75 Å². The molecule has 5 rings (SSSR count). The first kappa shape index (κ1) is 19.6. The summed E-state index contributed by atoms with van der Waals surface area (Å²) in [6.07, 6.45) is 2.33. The first-order chi connectivity index (χ1) is 15.2. The number of para-hydroxylation sites is 1. The van der Waals surface area contributed by atoms with Crippen molar-refractivity contribution >= 4 is 29.2 Å². The van der Waals surface area contributed by atoms with Gasteiger partial charge in [-0.1, -0.05) is 42.5 Å². The molecule has 31 heavy (non-hydrogen) atoms. The van der Waals surface area contributed by atoms with Crippen molar-refractivity contribution in [3.63, 3.8) is 0 Å². The Hall–Kier alpha value is -3.31. The molecule has 0 radical (unpaired) electrons. The average Bonchev–Trinajstić information content (AvgIpc) is 2.98. The molecule has 0 aromatic heterocycles. The molecule has 0 bridgehead atoms. The highest BCUT2D eigenvalue weighted by atomic mass is 32.2. The second-order valence-electron chi connectivity index (χ2n) is 7.61. The number of ether oxygens (including phenoxy) is 1. The van der Waals surface area contributed by atoms with E-state index in [1.807, 2.05) is 30.3 Å². The van der Waals surface area contributed by atoms with Crippen LogP contribution >= 0.6 is 11.8 Å². The van der Waals surface area contributed by atoms with Gasteiger partial charge in [0.1, 0.15) is 5.75 Å². The molecule has 0 amide bonds. The van der Waals surface area contributed by atoms with Crippen LogP contribution in [0, 0.1) is 0 Å². The molecule has 0 spiro atoms. The molecule has 1 aliphatic carbocycles. The third-order valence-corrected chi connectivity index (χ3v) is 6.89. The molecule has 154 valence electrons. The average molecular weight is 428 g/mol. The fourth-order valence-electron chi connectivity index (χ4n) is 4.00. The molecule has 4 nitrogen and oxygen atoms in total. The lowest BCUT2D eigenvalue weighted by atomic mass is 9.89. The summed E-state index contributed by atoms with van der Waals surface area (Å²) in [7, 11) is 0. The van der Waals surface area contributed by atoms with Gasteiger partial charge in [-0.25, -0.2) is 4.79 Å². The molecular weight excluding hydrogens is 406 g/mol. The standard InChI is InChI=1S/C26H21NO3S/c28-22-11-6-10-21-24(22)25(31-23-12-5-4-9-20(23)27-21)17-13-15-19(16-14-17)30-26(29)18-7-2-1-3-8-18/h1-5,7-9,12-16,25,27H,6,10-11H2. The summed E-state index contributed by atoms with van der Waals surface area (Å²) in [6.45, 7) is 0. The van der Waals surface area contributed by atoms with E-state index in [0.717, 1.165) is 40.3 Å². The van der Waals surface area contributed by atoms with E-state index >= 15 is 0 Å². The van der Waals surface area contributed by atoms with Crippen LogP contribution in [-0.2, 0) is 4.79 Å². The van der Waals surface area contributed by atoms with Crippen LogP contribution in [0.4, 0.5) is 5.69 Å². The second-order valence-corrected chi connectivity index (χ2v) is 8.76. The van der Waals surface area contributed by atoms with Gasteiger partial charge in [0.15, 0.2) is 5.78 Å². The number of benzene rings is 3. The van der Waals surface area contributed by atoms with Crippen molar-refractivity contribution in [2.24, 2.45) is 0 Å². The third kappa shape index (κ3) is 4.01. The van der Waals surface area contributed by atoms with Crippen LogP contribution in [0.25, 0.3) is 0 Å². The van der Waals surface area contributed by atoms with Crippen molar-refractivity contribution in [3.05, 3.63) is 101 Å². The smallest absolute Gasteiger partial charge is 0.343 e. The Labute approximate surface area is 185 Å². The maximum Gasteiger partial charge on any atom is 0.343 e. The van der Waals surface area contributed by atoms with Gasteiger partial charge >= 0.3 is 5.97 Å². The van der Waals surface area contributed by atoms with Gasteiger partial charge < -0.3 is 10.1 Å². The highest BCUT2D eigenvalue weighted by Gasteiger charge is 2.32. The zero-order valence-electron chi connectivity index (χ0n) is 16.8. The van der Waals surface area contributed by atoms with E-state index in [1.165, 1.54) is 0 Å². The summed E-state index contributed by atoms with van der Waals surface area (Å²) in [5, 5.41) is 3.42. The van der Waals surface area contributed by atoms with Gasteiger partial charge in [0.05, 0.1) is 16.5 Å². The molecule has 0 saturated carbocycles. The topological polar surface area (TPSA) is 55.4 Å². The Balaban J connectivity index is 1.45. The number of rotatable bonds is 3. The fraction of sp³-hybridized carbons (Fsp3) is 0.154. The molecule has 5 heteroatoms. The van der Waals surface area contributed by atoms with E-state index in [0.29, 0.717) is 17.7 Å². The highest BCUT2D eigenvalue weighted by Crippen LogP contribution is 2.49. The van der Waals surface area contributed by atoms with Crippen LogP contribution < -0.4 is 10.1 Å². The van der Waals surface area contributed by atoms with Gasteiger partial charge in [-0.15, -0.1) is 11.8 Å². The Morgan fingerprint density at radius 1 is 0.903 bits per heavy atom. The Bertz CT molecular complexity index is 1170. The minimum Gasteiger partial charge on any atom is -0.423 e. The van der Waals surface area contributed by atoms with Gasteiger partial charge in [0, 0.05) is 22.6 Å². The minimum absolute atomic E-state index is 0.0992. The predicted molar refractivity (Wildman–Crippen MR) is 122 cm³/mol. The van der Waals surface area contributed by atoms with Gasteiger partial charge in [0.2, 0.25) is 0 Å². The van der Waals surface area contributed by atoms with E-state index in [9.17, 15) is 9.59 Å². The number of fused-ring (bicyclic) bond motifs is 1. The van der Waals surface area contributed by atoms with Crippen LogP contribution in [0.15, 0.2) is 95.0 Å². The Kier molecular flexibility index (Phi) is 5.35. The van der Waals surface area contributed by atoms with Crippen molar-refractivity contribution in [1.82, 2.24) is 0 Å². The lowest BCUT2D eigenvalue weighted by Gasteiger charge is -2.24. The molecule has 1 aliphatic heterocycles. The second kappa shape index (κ2) is 8.44. The van der Waals surface area contributed by atoms with E-state index < -0.39 is 0 Å². The largest absolute Gasteiger partial charge is 0.423 e. The Morgan fingerprint density at radius 2 is 1.65 bits per heavy atom. The number of carbonyl (C=O) groups is 2. The van der Waals surface area contributed by atoms with Crippen LogP contribution in [-0.4, -0.2) is 11.8 Å². The van der Waals surface area contributed by atoms with Crippen LogP contribution in [0.5, 0.6) is 5.75 Å². The summed E-state index contributed by atoms with van der Waals surface area (Å²) >= 11 is 1.69.